The minimum Gasteiger partial charge on any atom is -0.455 e. The van der Waals surface area contributed by atoms with Crippen LogP contribution in [0.1, 0.15) is 0 Å². The highest BCUT2D eigenvalue weighted by Gasteiger charge is 2.18. The molecule has 0 saturated carbocycles. The molecule has 0 amide bonds. The Kier molecular flexibility index (Phi) is 11.4. The first-order valence-electron chi connectivity index (χ1n) is 27.1. The van der Waals surface area contributed by atoms with Crippen molar-refractivity contribution in [1.82, 2.24) is 19.5 Å². The third-order valence-electron chi connectivity index (χ3n) is 15.5. The number of nitrogens with zero attached hydrogens (tertiary/aromatic N) is 4. The largest absolute Gasteiger partial charge is 0.455 e. The summed E-state index contributed by atoms with van der Waals surface area (Å²) in [6.45, 7) is 0. The molecule has 0 saturated heterocycles. The predicted molar refractivity (Wildman–Crippen MR) is 330 cm³/mol. The number of fused-ring (bicyclic) bond motifs is 6. The van der Waals surface area contributed by atoms with E-state index in [1.165, 1.54) is 38.5 Å². The molecule has 5 heteroatoms. The van der Waals surface area contributed by atoms with Crippen LogP contribution in [0.25, 0.3) is 150 Å². The zero-order chi connectivity index (χ0) is 52.9. The van der Waals surface area contributed by atoms with E-state index in [-0.39, 0.29) is 0 Å². The van der Waals surface area contributed by atoms with Crippen LogP contribution in [0.3, 0.4) is 0 Å². The van der Waals surface area contributed by atoms with Crippen molar-refractivity contribution in [3.05, 3.63) is 291 Å². The molecule has 0 aliphatic rings. The highest BCUT2D eigenvalue weighted by molar-refractivity contribution is 6.10. The van der Waals surface area contributed by atoms with E-state index in [2.05, 4.69) is 284 Å². The number of benzene rings is 12. The van der Waals surface area contributed by atoms with Gasteiger partial charge in [-0.15, -0.1) is 0 Å². The topological polar surface area (TPSA) is 56.7 Å². The van der Waals surface area contributed by atoms with Gasteiger partial charge in [0.1, 0.15) is 11.2 Å². The van der Waals surface area contributed by atoms with Gasteiger partial charge in [-0.1, -0.05) is 243 Å². The molecule has 0 fully saturated rings. The number of para-hydroxylation sites is 4. The van der Waals surface area contributed by atoms with Crippen molar-refractivity contribution in [1.29, 1.82) is 0 Å². The maximum absolute atomic E-state index is 6.45. The van der Waals surface area contributed by atoms with Gasteiger partial charge in [0, 0.05) is 49.5 Å². The summed E-state index contributed by atoms with van der Waals surface area (Å²) in [5.74, 6) is 1.78. The summed E-state index contributed by atoms with van der Waals surface area (Å²) >= 11 is 0. The van der Waals surface area contributed by atoms with Crippen molar-refractivity contribution < 1.29 is 4.42 Å². The standard InChI is InChI=1S/C75H48N4O/c1-2-17-51(18-3-1)62-27-4-5-28-63(62)58-23-13-20-55(46-58)56-21-14-25-60(47-56)75-77-73(52-41-37-49(38-42-52)54-19-12-24-59(45-54)64-32-16-33-68-67-31-8-11-36-71(67)80-72(64)68)76-74(78-75)53-43-39-50(40-44-53)57-22-15-26-61(48-57)79-69-34-9-6-29-65(69)66-30-7-10-35-70(66)79/h1-48H. The van der Waals surface area contributed by atoms with E-state index in [9.17, 15) is 0 Å². The van der Waals surface area contributed by atoms with Gasteiger partial charge in [-0.3, -0.25) is 0 Å². The van der Waals surface area contributed by atoms with Crippen molar-refractivity contribution >= 4 is 43.7 Å². The zero-order valence-corrected chi connectivity index (χ0v) is 43.4. The van der Waals surface area contributed by atoms with Gasteiger partial charge in [-0.05, 0) is 110 Å². The summed E-state index contributed by atoms with van der Waals surface area (Å²) in [6, 6.07) is 103. The summed E-state index contributed by atoms with van der Waals surface area (Å²) in [5.41, 5.74) is 21.4. The molecular weight excluding hydrogens is 973 g/mol. The molecule has 0 unspecified atom stereocenters. The van der Waals surface area contributed by atoms with Crippen LogP contribution in [0.4, 0.5) is 0 Å². The van der Waals surface area contributed by atoms with Crippen LogP contribution in [-0.4, -0.2) is 19.5 Å². The van der Waals surface area contributed by atoms with Gasteiger partial charge in [0.25, 0.3) is 0 Å². The highest BCUT2D eigenvalue weighted by Crippen LogP contribution is 2.40. The lowest BCUT2D eigenvalue weighted by atomic mass is 9.92. The fourth-order valence-corrected chi connectivity index (χ4v) is 11.6. The van der Waals surface area contributed by atoms with E-state index in [1.807, 2.05) is 12.1 Å². The van der Waals surface area contributed by atoms with Gasteiger partial charge >= 0.3 is 0 Å². The summed E-state index contributed by atoms with van der Waals surface area (Å²) in [5, 5.41) is 4.72. The number of aromatic nitrogens is 4. The van der Waals surface area contributed by atoms with Gasteiger partial charge in [0.05, 0.1) is 11.0 Å². The third kappa shape index (κ3) is 8.42. The van der Waals surface area contributed by atoms with E-state index in [4.69, 9.17) is 19.4 Å². The molecule has 0 aliphatic heterocycles. The van der Waals surface area contributed by atoms with Crippen molar-refractivity contribution in [2.45, 2.75) is 0 Å². The molecule has 0 radical (unpaired) electrons. The highest BCUT2D eigenvalue weighted by atomic mass is 16.3. The Bertz CT molecular complexity index is 4770. The molecule has 0 N–H and O–H groups in total. The minimum atomic E-state index is 0.592. The molecule has 5 nitrogen and oxygen atoms in total. The fraction of sp³-hybridized carbons (Fsp3) is 0. The van der Waals surface area contributed by atoms with Crippen molar-refractivity contribution in [2.75, 3.05) is 0 Å². The van der Waals surface area contributed by atoms with Crippen molar-refractivity contribution in [3.8, 4) is 107 Å². The quantitative estimate of drug-likeness (QED) is 0.137. The van der Waals surface area contributed by atoms with Crippen LogP contribution in [0.2, 0.25) is 0 Å². The maximum atomic E-state index is 6.45. The smallest absolute Gasteiger partial charge is 0.164 e. The lowest BCUT2D eigenvalue weighted by Gasteiger charge is -2.13. The van der Waals surface area contributed by atoms with E-state index in [0.29, 0.717) is 17.5 Å². The zero-order valence-electron chi connectivity index (χ0n) is 43.4. The van der Waals surface area contributed by atoms with Gasteiger partial charge in [-0.2, -0.15) is 0 Å². The first-order valence-corrected chi connectivity index (χ1v) is 27.1. The lowest BCUT2D eigenvalue weighted by Crippen LogP contribution is -2.00. The molecule has 0 bridgehead atoms. The number of furan rings is 1. The van der Waals surface area contributed by atoms with Crippen LogP contribution in [0, 0.1) is 0 Å². The Balaban J connectivity index is 0.796. The predicted octanol–water partition coefficient (Wildman–Crippen LogP) is 19.9. The second-order valence-electron chi connectivity index (χ2n) is 20.3. The average molecular weight is 1020 g/mol. The van der Waals surface area contributed by atoms with Crippen molar-refractivity contribution in [2.24, 2.45) is 0 Å². The van der Waals surface area contributed by atoms with Crippen LogP contribution in [-0.2, 0) is 0 Å². The molecule has 0 spiro atoms. The average Bonchev–Trinajstić information content (AvgIpc) is 4.22. The van der Waals surface area contributed by atoms with E-state index in [1.54, 1.807) is 0 Å². The fourth-order valence-electron chi connectivity index (χ4n) is 11.6. The molecule has 15 rings (SSSR count). The van der Waals surface area contributed by atoms with Crippen molar-refractivity contribution in [3.63, 3.8) is 0 Å². The molecule has 3 heterocycles. The van der Waals surface area contributed by atoms with Crippen LogP contribution in [0.5, 0.6) is 0 Å². The van der Waals surface area contributed by atoms with Gasteiger partial charge < -0.3 is 8.98 Å². The summed E-state index contributed by atoms with van der Waals surface area (Å²) in [7, 11) is 0. The lowest BCUT2D eigenvalue weighted by molar-refractivity contribution is 0.670. The summed E-state index contributed by atoms with van der Waals surface area (Å²) in [6.07, 6.45) is 0. The normalized spacial score (nSPS) is 11.5. The Morgan fingerprint density at radius 1 is 0.237 bits per heavy atom. The molecule has 15 aromatic rings. The molecule has 3 aromatic heterocycles. The van der Waals surface area contributed by atoms with Crippen LogP contribution in [0.15, 0.2) is 296 Å². The van der Waals surface area contributed by atoms with Gasteiger partial charge in [-0.25, -0.2) is 15.0 Å². The second-order valence-corrected chi connectivity index (χ2v) is 20.3. The number of rotatable bonds is 10. The van der Waals surface area contributed by atoms with E-state index < -0.39 is 0 Å². The monoisotopic (exact) mass is 1020 g/mol. The van der Waals surface area contributed by atoms with E-state index in [0.717, 1.165) is 94.4 Å². The molecule has 12 aromatic carbocycles. The second kappa shape index (κ2) is 19.7. The molecule has 80 heavy (non-hydrogen) atoms. The SMILES string of the molecule is c1ccc(-c2ccccc2-c2cccc(-c3cccc(-c4nc(-c5ccc(-c6cccc(-c7cccc8c7oc7ccccc78)c6)cc5)nc(-c5ccc(-c6cccc(-n7c8ccccc8c8ccccc87)c6)cc5)n4)c3)c2)cc1. The Morgan fingerprint density at radius 2 is 0.625 bits per heavy atom. The summed E-state index contributed by atoms with van der Waals surface area (Å²) < 4.78 is 8.81. The third-order valence-corrected chi connectivity index (χ3v) is 15.5. The Labute approximate surface area is 463 Å². The molecule has 0 aliphatic carbocycles. The number of hydrogen-bond donors (Lipinski definition) is 0. The van der Waals surface area contributed by atoms with Crippen LogP contribution < -0.4 is 0 Å². The van der Waals surface area contributed by atoms with Gasteiger partial charge in [0.2, 0.25) is 0 Å². The summed E-state index contributed by atoms with van der Waals surface area (Å²) in [4.78, 5) is 15.7. The van der Waals surface area contributed by atoms with Crippen LogP contribution >= 0.6 is 0 Å². The first kappa shape index (κ1) is 46.5. The minimum absolute atomic E-state index is 0.592. The maximum Gasteiger partial charge on any atom is 0.164 e. The Morgan fingerprint density at radius 3 is 1.25 bits per heavy atom. The molecular formula is C75H48N4O. The first-order chi connectivity index (χ1) is 39.6. The van der Waals surface area contributed by atoms with Gasteiger partial charge in [0.15, 0.2) is 17.5 Å². The van der Waals surface area contributed by atoms with E-state index >= 15 is 0 Å². The Hall–Kier alpha value is -10.8. The molecule has 374 valence electrons. The molecule has 0 atom stereocenters. The number of hydrogen-bond acceptors (Lipinski definition) is 4.